The number of nitrogen functional groups attached to an aromatic ring is 1. The number of carbonyl (C=O) groups excluding carboxylic acids is 1. The first-order valence-electron chi connectivity index (χ1n) is 5.37. The molecule has 0 heterocycles. The number of amides is 1. The maximum absolute atomic E-state index is 11.6. The molecule has 0 spiro atoms. The van der Waals surface area contributed by atoms with E-state index in [0.29, 0.717) is 11.4 Å². The summed E-state index contributed by atoms with van der Waals surface area (Å²) in [5, 5.41) is 2.85. The fraction of sp³-hybridized carbons (Fsp3) is 0.417. The molecule has 0 radical (unpaired) electrons. The van der Waals surface area contributed by atoms with Gasteiger partial charge in [0, 0.05) is 0 Å². The van der Waals surface area contributed by atoms with Gasteiger partial charge in [0.1, 0.15) is 0 Å². The average Bonchev–Trinajstić information content (AvgIpc) is 2.24. The zero-order chi connectivity index (χ0) is 12.0. The molecule has 3 N–H and O–H groups in total. The average molecular weight is 238 g/mol. The van der Waals surface area contributed by atoms with Crippen LogP contribution in [0.1, 0.15) is 18.9 Å². The molecule has 0 saturated carbocycles. The fourth-order valence-corrected chi connectivity index (χ4v) is 2.04. The third-order valence-corrected chi connectivity index (χ3v) is 3.31. The van der Waals surface area contributed by atoms with Gasteiger partial charge in [-0.2, -0.15) is 11.8 Å². The van der Waals surface area contributed by atoms with Crippen LogP contribution < -0.4 is 11.1 Å². The summed E-state index contributed by atoms with van der Waals surface area (Å²) in [4.78, 5) is 11.6. The molecule has 0 unspecified atom stereocenters. The van der Waals surface area contributed by atoms with E-state index in [-0.39, 0.29) is 5.91 Å². The molecule has 0 aromatic heterocycles. The van der Waals surface area contributed by atoms with E-state index in [2.05, 4.69) is 12.2 Å². The number of hydrogen-bond donors (Lipinski definition) is 2. The molecule has 88 valence electrons. The van der Waals surface area contributed by atoms with Gasteiger partial charge in [-0.1, -0.05) is 19.1 Å². The Morgan fingerprint density at radius 2 is 2.25 bits per heavy atom. The monoisotopic (exact) mass is 238 g/mol. The molecule has 4 heteroatoms. The first kappa shape index (κ1) is 12.9. The first-order chi connectivity index (χ1) is 7.65. The van der Waals surface area contributed by atoms with Crippen molar-refractivity contribution in [3.05, 3.63) is 23.8 Å². The highest BCUT2D eigenvalue weighted by Crippen LogP contribution is 2.22. The lowest BCUT2D eigenvalue weighted by molar-refractivity contribution is -0.113. The van der Waals surface area contributed by atoms with Crippen molar-refractivity contribution in [2.24, 2.45) is 0 Å². The Labute approximate surface area is 101 Å². The molecule has 3 nitrogen and oxygen atoms in total. The Bertz CT molecular complexity index is 346. The van der Waals surface area contributed by atoms with Crippen LogP contribution in [0.3, 0.4) is 0 Å². The van der Waals surface area contributed by atoms with Gasteiger partial charge in [0.2, 0.25) is 5.91 Å². The van der Waals surface area contributed by atoms with Crippen LogP contribution in [0.25, 0.3) is 0 Å². The minimum Gasteiger partial charge on any atom is -0.397 e. The lowest BCUT2D eigenvalue weighted by Crippen LogP contribution is -2.16. The van der Waals surface area contributed by atoms with E-state index in [1.807, 2.05) is 19.1 Å². The van der Waals surface area contributed by atoms with Gasteiger partial charge >= 0.3 is 0 Å². The van der Waals surface area contributed by atoms with Gasteiger partial charge in [0.05, 0.1) is 17.1 Å². The van der Waals surface area contributed by atoms with Crippen LogP contribution in [0.4, 0.5) is 11.4 Å². The van der Waals surface area contributed by atoms with Crippen LogP contribution in [0.15, 0.2) is 18.2 Å². The Morgan fingerprint density at radius 3 is 2.88 bits per heavy atom. The summed E-state index contributed by atoms with van der Waals surface area (Å²) in [5.41, 5.74) is 8.16. The molecule has 1 aromatic carbocycles. The molecule has 1 amide bonds. The van der Waals surface area contributed by atoms with Crippen molar-refractivity contribution in [1.29, 1.82) is 0 Å². The van der Waals surface area contributed by atoms with Gasteiger partial charge in [0.15, 0.2) is 0 Å². The van der Waals surface area contributed by atoms with E-state index >= 15 is 0 Å². The number of carbonyl (C=O) groups is 1. The molecule has 0 aliphatic rings. The molecule has 0 bridgehead atoms. The molecular formula is C12H18N2OS. The van der Waals surface area contributed by atoms with Gasteiger partial charge < -0.3 is 11.1 Å². The van der Waals surface area contributed by atoms with Gasteiger partial charge in [0.25, 0.3) is 0 Å². The van der Waals surface area contributed by atoms with Gasteiger partial charge in [-0.05, 0) is 30.7 Å². The first-order valence-corrected chi connectivity index (χ1v) is 6.53. The number of thioether (sulfide) groups is 1. The molecule has 0 saturated heterocycles. The van der Waals surface area contributed by atoms with Crippen molar-refractivity contribution in [1.82, 2.24) is 0 Å². The summed E-state index contributed by atoms with van der Waals surface area (Å²) in [6.07, 6.45) is 1.09. The van der Waals surface area contributed by atoms with E-state index in [1.165, 1.54) is 0 Å². The molecule has 0 aliphatic carbocycles. The zero-order valence-electron chi connectivity index (χ0n) is 9.75. The maximum atomic E-state index is 11.6. The number of benzene rings is 1. The van der Waals surface area contributed by atoms with Crippen molar-refractivity contribution in [2.75, 3.05) is 22.6 Å². The number of rotatable bonds is 5. The van der Waals surface area contributed by atoms with Gasteiger partial charge in [-0.15, -0.1) is 0 Å². The molecule has 0 aliphatic heterocycles. The number of nitrogens with one attached hydrogen (secondary N) is 1. The SMILES string of the molecule is CCCSCC(=O)Nc1c(C)cccc1N. The number of anilines is 2. The largest absolute Gasteiger partial charge is 0.397 e. The summed E-state index contributed by atoms with van der Waals surface area (Å²) < 4.78 is 0. The summed E-state index contributed by atoms with van der Waals surface area (Å²) in [7, 11) is 0. The highest BCUT2D eigenvalue weighted by Gasteiger charge is 2.07. The predicted molar refractivity (Wildman–Crippen MR) is 71.8 cm³/mol. The van der Waals surface area contributed by atoms with Crippen molar-refractivity contribution in [2.45, 2.75) is 20.3 Å². The molecule has 16 heavy (non-hydrogen) atoms. The maximum Gasteiger partial charge on any atom is 0.234 e. The fourth-order valence-electron chi connectivity index (χ4n) is 1.35. The van der Waals surface area contributed by atoms with Crippen LogP contribution in [-0.2, 0) is 4.79 Å². The summed E-state index contributed by atoms with van der Waals surface area (Å²) in [5.74, 6) is 1.51. The number of hydrogen-bond acceptors (Lipinski definition) is 3. The highest BCUT2D eigenvalue weighted by atomic mass is 32.2. The molecule has 1 rings (SSSR count). The zero-order valence-corrected chi connectivity index (χ0v) is 10.6. The minimum absolute atomic E-state index is 0.0134. The number of nitrogens with two attached hydrogens (primary N) is 1. The Balaban J connectivity index is 2.56. The van der Waals surface area contributed by atoms with E-state index in [0.717, 1.165) is 23.4 Å². The van der Waals surface area contributed by atoms with Crippen LogP contribution in [0, 0.1) is 6.92 Å². The third-order valence-electron chi connectivity index (χ3n) is 2.15. The smallest absolute Gasteiger partial charge is 0.234 e. The van der Waals surface area contributed by atoms with Crippen molar-refractivity contribution >= 4 is 29.0 Å². The van der Waals surface area contributed by atoms with E-state index < -0.39 is 0 Å². The molecule has 0 fully saturated rings. The minimum atomic E-state index is 0.0134. The lowest BCUT2D eigenvalue weighted by atomic mass is 10.1. The second-order valence-corrected chi connectivity index (χ2v) is 4.75. The second-order valence-electron chi connectivity index (χ2n) is 3.64. The summed E-state index contributed by atoms with van der Waals surface area (Å²) >= 11 is 1.64. The van der Waals surface area contributed by atoms with E-state index in [1.54, 1.807) is 17.8 Å². The van der Waals surface area contributed by atoms with E-state index in [4.69, 9.17) is 5.73 Å². The van der Waals surface area contributed by atoms with Crippen molar-refractivity contribution < 1.29 is 4.79 Å². The molecular weight excluding hydrogens is 220 g/mol. The Kier molecular flexibility index (Phi) is 5.19. The highest BCUT2D eigenvalue weighted by molar-refractivity contribution is 7.99. The van der Waals surface area contributed by atoms with Crippen molar-refractivity contribution in [3.63, 3.8) is 0 Å². The number of aryl methyl sites for hydroxylation is 1. The van der Waals surface area contributed by atoms with Gasteiger partial charge in [-0.3, -0.25) is 4.79 Å². The molecule has 1 aromatic rings. The Hall–Kier alpha value is -1.16. The quantitative estimate of drug-likeness (QED) is 0.612. The topological polar surface area (TPSA) is 55.1 Å². The molecule has 0 atom stereocenters. The third kappa shape index (κ3) is 3.77. The van der Waals surface area contributed by atoms with Crippen LogP contribution >= 0.6 is 11.8 Å². The standard InChI is InChI=1S/C12H18N2OS/c1-3-7-16-8-11(15)14-12-9(2)5-4-6-10(12)13/h4-6H,3,7-8,13H2,1-2H3,(H,14,15). The Morgan fingerprint density at radius 1 is 1.50 bits per heavy atom. The summed E-state index contributed by atoms with van der Waals surface area (Å²) in [6.45, 7) is 4.04. The van der Waals surface area contributed by atoms with Crippen molar-refractivity contribution in [3.8, 4) is 0 Å². The normalized spacial score (nSPS) is 10.1. The number of para-hydroxylation sites is 1. The van der Waals surface area contributed by atoms with E-state index in [9.17, 15) is 4.79 Å². The van der Waals surface area contributed by atoms with Gasteiger partial charge in [-0.25, -0.2) is 0 Å². The van der Waals surface area contributed by atoms with Crippen LogP contribution in [0.5, 0.6) is 0 Å². The summed E-state index contributed by atoms with van der Waals surface area (Å²) in [6, 6.07) is 5.61. The predicted octanol–water partition coefficient (Wildman–Crippen LogP) is 2.66. The second kappa shape index (κ2) is 6.43. The van der Waals surface area contributed by atoms with Crippen LogP contribution in [0.2, 0.25) is 0 Å². The van der Waals surface area contributed by atoms with Crippen LogP contribution in [-0.4, -0.2) is 17.4 Å². The lowest BCUT2D eigenvalue weighted by Gasteiger charge is -2.10.